The van der Waals surface area contributed by atoms with Crippen LogP contribution in [0.4, 0.5) is 13.9 Å². The standard InChI is InChI=1S/C20H16ClF2N3O3S2/c1-28-16-10-12(4-8-15(16)29-18(22)23)5-9-17(27)24-19-25-26-20(31-19)30-11-13-2-6-14(21)7-3-13/h2-10,18H,11H2,1H3,(H,24,25,27). The highest BCUT2D eigenvalue weighted by atomic mass is 35.5. The van der Waals surface area contributed by atoms with Crippen molar-refractivity contribution in [3.05, 3.63) is 64.7 Å². The van der Waals surface area contributed by atoms with Crippen LogP contribution >= 0.6 is 34.7 Å². The van der Waals surface area contributed by atoms with Crippen molar-refractivity contribution >= 4 is 51.8 Å². The third kappa shape index (κ3) is 7.20. The lowest BCUT2D eigenvalue weighted by molar-refractivity contribution is -0.111. The molecule has 0 spiro atoms. The van der Waals surface area contributed by atoms with Crippen LogP contribution in [-0.2, 0) is 10.5 Å². The number of hydrogen-bond acceptors (Lipinski definition) is 7. The second-order valence-electron chi connectivity index (χ2n) is 5.90. The molecule has 0 saturated carbocycles. The minimum atomic E-state index is -2.96. The Morgan fingerprint density at radius 3 is 2.71 bits per heavy atom. The summed E-state index contributed by atoms with van der Waals surface area (Å²) in [5.74, 6) is 0.343. The molecule has 1 amide bonds. The van der Waals surface area contributed by atoms with Crippen LogP contribution < -0.4 is 14.8 Å². The van der Waals surface area contributed by atoms with E-state index in [0.29, 0.717) is 25.8 Å². The number of carbonyl (C=O) groups is 1. The molecule has 11 heteroatoms. The summed E-state index contributed by atoms with van der Waals surface area (Å²) >= 11 is 8.63. The molecular weight excluding hydrogens is 468 g/mol. The number of ether oxygens (including phenoxy) is 2. The van der Waals surface area contributed by atoms with Crippen LogP contribution in [-0.4, -0.2) is 29.8 Å². The SMILES string of the molecule is COc1cc(C=CC(=O)Nc2nnc(SCc3ccc(Cl)cc3)s2)ccc1OC(F)F. The lowest BCUT2D eigenvalue weighted by Crippen LogP contribution is -2.07. The Labute approximate surface area is 190 Å². The van der Waals surface area contributed by atoms with Gasteiger partial charge in [0.15, 0.2) is 15.8 Å². The molecule has 0 aliphatic heterocycles. The fourth-order valence-corrected chi connectivity index (χ4v) is 4.18. The van der Waals surface area contributed by atoms with E-state index in [0.717, 1.165) is 5.56 Å². The zero-order valence-corrected chi connectivity index (χ0v) is 18.4. The number of nitrogens with zero attached hydrogens (tertiary/aromatic N) is 2. The summed E-state index contributed by atoms with van der Waals surface area (Å²) in [6, 6.07) is 11.9. The van der Waals surface area contributed by atoms with E-state index < -0.39 is 12.5 Å². The quantitative estimate of drug-likeness (QED) is 0.237. The van der Waals surface area contributed by atoms with Crippen molar-refractivity contribution in [3.8, 4) is 11.5 Å². The number of amides is 1. The Balaban J connectivity index is 1.54. The third-order valence-electron chi connectivity index (χ3n) is 3.74. The van der Waals surface area contributed by atoms with Gasteiger partial charge in [0, 0.05) is 16.9 Å². The summed E-state index contributed by atoms with van der Waals surface area (Å²) < 4.78 is 34.9. The first kappa shape index (κ1) is 23.0. The van der Waals surface area contributed by atoms with Crippen molar-refractivity contribution in [1.82, 2.24) is 10.2 Å². The van der Waals surface area contributed by atoms with Crippen LogP contribution in [0.3, 0.4) is 0 Å². The second-order valence-corrected chi connectivity index (χ2v) is 8.54. The molecule has 0 radical (unpaired) electrons. The van der Waals surface area contributed by atoms with Crippen LogP contribution in [0.1, 0.15) is 11.1 Å². The average Bonchev–Trinajstić information content (AvgIpc) is 3.19. The van der Waals surface area contributed by atoms with Crippen molar-refractivity contribution < 1.29 is 23.0 Å². The maximum absolute atomic E-state index is 12.4. The largest absolute Gasteiger partial charge is 0.493 e. The minimum Gasteiger partial charge on any atom is -0.493 e. The number of anilines is 1. The van der Waals surface area contributed by atoms with Crippen molar-refractivity contribution in [3.63, 3.8) is 0 Å². The molecule has 0 saturated heterocycles. The molecule has 0 fully saturated rings. The Bertz CT molecular complexity index is 1060. The summed E-state index contributed by atoms with van der Waals surface area (Å²) in [5.41, 5.74) is 1.67. The van der Waals surface area contributed by atoms with E-state index in [2.05, 4.69) is 20.3 Å². The molecule has 3 aromatic rings. The van der Waals surface area contributed by atoms with Gasteiger partial charge >= 0.3 is 6.61 Å². The molecule has 1 heterocycles. The van der Waals surface area contributed by atoms with Gasteiger partial charge < -0.3 is 9.47 Å². The van der Waals surface area contributed by atoms with Crippen molar-refractivity contribution in [2.24, 2.45) is 0 Å². The van der Waals surface area contributed by atoms with Gasteiger partial charge in [0.1, 0.15) is 0 Å². The number of nitrogens with one attached hydrogen (secondary N) is 1. The van der Waals surface area contributed by atoms with Gasteiger partial charge in [-0.2, -0.15) is 8.78 Å². The maximum atomic E-state index is 12.4. The molecule has 2 aromatic carbocycles. The summed E-state index contributed by atoms with van der Waals surface area (Å²) in [6.07, 6.45) is 2.81. The van der Waals surface area contributed by atoms with Gasteiger partial charge in [-0.25, -0.2) is 0 Å². The molecule has 6 nitrogen and oxygen atoms in total. The predicted octanol–water partition coefficient (Wildman–Crippen LogP) is 5.75. The van der Waals surface area contributed by atoms with Gasteiger partial charge in [-0.1, -0.05) is 52.9 Å². The van der Waals surface area contributed by atoms with Gasteiger partial charge in [0.05, 0.1) is 7.11 Å². The van der Waals surface area contributed by atoms with E-state index in [4.69, 9.17) is 16.3 Å². The van der Waals surface area contributed by atoms with Crippen LogP contribution in [0.25, 0.3) is 6.08 Å². The van der Waals surface area contributed by atoms with E-state index in [9.17, 15) is 13.6 Å². The van der Waals surface area contributed by atoms with Gasteiger partial charge in [-0.15, -0.1) is 10.2 Å². The number of thioether (sulfide) groups is 1. The molecule has 3 rings (SSSR count). The Morgan fingerprint density at radius 1 is 1.23 bits per heavy atom. The molecule has 0 aliphatic carbocycles. The van der Waals surface area contributed by atoms with E-state index in [1.54, 1.807) is 0 Å². The Morgan fingerprint density at radius 2 is 2.00 bits per heavy atom. The first-order chi connectivity index (χ1) is 14.9. The Hall–Kier alpha value is -2.69. The molecule has 0 bridgehead atoms. The summed E-state index contributed by atoms with van der Waals surface area (Å²) in [7, 11) is 1.34. The van der Waals surface area contributed by atoms with E-state index in [-0.39, 0.29) is 11.5 Å². The lowest BCUT2D eigenvalue weighted by Gasteiger charge is -2.10. The number of benzene rings is 2. The predicted molar refractivity (Wildman–Crippen MR) is 118 cm³/mol. The smallest absolute Gasteiger partial charge is 0.387 e. The molecule has 0 atom stereocenters. The number of rotatable bonds is 9. The molecule has 1 aromatic heterocycles. The number of halogens is 3. The van der Waals surface area contributed by atoms with Crippen molar-refractivity contribution in [1.29, 1.82) is 0 Å². The molecule has 0 unspecified atom stereocenters. The van der Waals surface area contributed by atoms with E-state index in [1.165, 1.54) is 60.6 Å². The summed E-state index contributed by atoms with van der Waals surface area (Å²) in [6.45, 7) is -2.96. The van der Waals surface area contributed by atoms with E-state index in [1.807, 2.05) is 24.3 Å². The second kappa shape index (κ2) is 11.1. The van der Waals surface area contributed by atoms with E-state index >= 15 is 0 Å². The highest BCUT2D eigenvalue weighted by molar-refractivity contribution is 8.00. The minimum absolute atomic E-state index is 0.0865. The summed E-state index contributed by atoms with van der Waals surface area (Å²) in [5, 5.41) is 11.7. The highest BCUT2D eigenvalue weighted by Crippen LogP contribution is 2.30. The van der Waals surface area contributed by atoms with Crippen LogP contribution in [0.15, 0.2) is 52.9 Å². The zero-order chi connectivity index (χ0) is 22.2. The van der Waals surface area contributed by atoms with Gasteiger partial charge in [0.2, 0.25) is 11.0 Å². The fraction of sp³-hybridized carbons (Fsp3) is 0.150. The van der Waals surface area contributed by atoms with Gasteiger partial charge in [0.25, 0.3) is 0 Å². The normalized spacial score (nSPS) is 11.1. The van der Waals surface area contributed by atoms with Gasteiger partial charge in [-0.05, 0) is 41.5 Å². The van der Waals surface area contributed by atoms with Crippen molar-refractivity contribution in [2.45, 2.75) is 16.7 Å². The number of methoxy groups -OCH3 is 1. The highest BCUT2D eigenvalue weighted by Gasteiger charge is 2.11. The number of carbonyl (C=O) groups excluding carboxylic acids is 1. The first-order valence-corrected chi connectivity index (χ1v) is 10.9. The molecular formula is C20H16ClF2N3O3S2. The van der Waals surface area contributed by atoms with Crippen LogP contribution in [0.2, 0.25) is 5.02 Å². The number of alkyl halides is 2. The molecule has 162 valence electrons. The molecule has 1 N–H and O–H groups in total. The number of hydrogen-bond donors (Lipinski definition) is 1. The van der Waals surface area contributed by atoms with Crippen LogP contribution in [0, 0.1) is 0 Å². The van der Waals surface area contributed by atoms with Crippen LogP contribution in [0.5, 0.6) is 11.5 Å². The monoisotopic (exact) mass is 483 g/mol. The molecule has 31 heavy (non-hydrogen) atoms. The summed E-state index contributed by atoms with van der Waals surface area (Å²) in [4.78, 5) is 12.1. The average molecular weight is 484 g/mol. The number of aromatic nitrogens is 2. The maximum Gasteiger partial charge on any atom is 0.387 e. The fourth-order valence-electron chi connectivity index (χ4n) is 2.34. The first-order valence-electron chi connectivity index (χ1n) is 8.75. The topological polar surface area (TPSA) is 73.3 Å². The third-order valence-corrected chi connectivity index (χ3v) is 6.04. The lowest BCUT2D eigenvalue weighted by atomic mass is 10.2. The van der Waals surface area contributed by atoms with Crippen molar-refractivity contribution in [2.75, 3.05) is 12.4 Å². The Kier molecular flexibility index (Phi) is 8.21. The van der Waals surface area contributed by atoms with Gasteiger partial charge in [-0.3, -0.25) is 10.1 Å². The molecule has 0 aliphatic rings. The zero-order valence-electron chi connectivity index (χ0n) is 16.1.